The summed E-state index contributed by atoms with van der Waals surface area (Å²) >= 11 is 0. The fourth-order valence-electron chi connectivity index (χ4n) is 2.07. The number of ether oxygens (including phenoxy) is 1. The van der Waals surface area contributed by atoms with Gasteiger partial charge in [0.1, 0.15) is 11.3 Å². The highest BCUT2D eigenvalue weighted by Crippen LogP contribution is 2.16. The van der Waals surface area contributed by atoms with Crippen molar-refractivity contribution in [1.29, 1.82) is 5.26 Å². The summed E-state index contributed by atoms with van der Waals surface area (Å²) in [5.41, 5.74) is -0.256. The van der Waals surface area contributed by atoms with Gasteiger partial charge in [-0.3, -0.25) is 14.5 Å². The Hall–Kier alpha value is -2.59. The summed E-state index contributed by atoms with van der Waals surface area (Å²) in [7, 11) is 3.15. The number of likely N-dealkylation sites (N-methyl/N-ethyl adjacent to an activating group) is 2. The quantitative estimate of drug-likeness (QED) is 0.774. The van der Waals surface area contributed by atoms with Crippen molar-refractivity contribution in [3.05, 3.63) is 24.3 Å². The Morgan fingerprint density at radius 1 is 1.32 bits per heavy atom. The highest BCUT2D eigenvalue weighted by molar-refractivity contribution is 5.92. The Morgan fingerprint density at radius 2 is 2.00 bits per heavy atom. The molecule has 0 unspecified atom stereocenters. The van der Waals surface area contributed by atoms with Gasteiger partial charge in [0.15, 0.2) is 0 Å². The smallest absolute Gasteiger partial charge is 0.238 e. The fourth-order valence-corrected chi connectivity index (χ4v) is 2.07. The number of hydrogen-bond donors (Lipinski definition) is 1. The molecule has 1 aromatic carbocycles. The molecule has 7 heteroatoms. The van der Waals surface area contributed by atoms with Crippen LogP contribution in [0.3, 0.4) is 0 Å². The van der Waals surface area contributed by atoms with Gasteiger partial charge in [0.2, 0.25) is 11.8 Å². The molecule has 1 N–H and O–H groups in total. The number of rotatable bonds is 8. The van der Waals surface area contributed by atoms with Gasteiger partial charge in [0.25, 0.3) is 0 Å². The van der Waals surface area contributed by atoms with E-state index in [2.05, 4.69) is 11.4 Å². The minimum atomic E-state index is -0.890. The topological polar surface area (TPSA) is 85.7 Å². The molecule has 1 aromatic rings. The number of nitrogens with zero attached hydrogens (tertiary/aromatic N) is 3. The number of anilines is 1. The third-order valence-corrected chi connectivity index (χ3v) is 4.01. The number of benzene rings is 1. The highest BCUT2D eigenvalue weighted by atomic mass is 16.5. The molecule has 2 amide bonds. The lowest BCUT2D eigenvalue weighted by Crippen LogP contribution is -2.49. The summed E-state index contributed by atoms with van der Waals surface area (Å²) in [6, 6.07) is 9.16. The number of methoxy groups -OCH3 is 1. The molecular formula is C18H26N4O3. The molecule has 0 spiro atoms. The van der Waals surface area contributed by atoms with E-state index in [1.807, 2.05) is 6.92 Å². The van der Waals surface area contributed by atoms with Crippen LogP contribution in [-0.4, -0.2) is 60.9 Å². The maximum absolute atomic E-state index is 12.3. The first-order valence-electron chi connectivity index (χ1n) is 8.07. The minimum absolute atomic E-state index is 0.0731. The van der Waals surface area contributed by atoms with Crippen LogP contribution in [0.25, 0.3) is 0 Å². The number of nitrogens with one attached hydrogen (secondary N) is 1. The lowest BCUT2D eigenvalue weighted by Gasteiger charge is -2.31. The van der Waals surface area contributed by atoms with Gasteiger partial charge in [-0.25, -0.2) is 0 Å². The molecule has 0 radical (unpaired) electrons. The van der Waals surface area contributed by atoms with E-state index in [-0.39, 0.29) is 24.9 Å². The van der Waals surface area contributed by atoms with Crippen LogP contribution < -0.4 is 10.1 Å². The number of hydrogen-bond acceptors (Lipinski definition) is 5. The predicted octanol–water partition coefficient (Wildman–Crippen LogP) is 1.72. The standard InChI is InChI=1S/C18H26N4O3/c1-6-22(12-17(24)21(4)18(2,3)13-19)11-16(23)20-14-8-7-9-15(10-14)25-5/h7-10H,6,11-12H2,1-5H3,(H,20,23). The van der Waals surface area contributed by atoms with Crippen molar-refractivity contribution in [2.45, 2.75) is 26.3 Å². The van der Waals surface area contributed by atoms with Gasteiger partial charge in [0, 0.05) is 18.8 Å². The molecule has 7 nitrogen and oxygen atoms in total. The normalized spacial score (nSPS) is 10.9. The van der Waals surface area contributed by atoms with Crippen LogP contribution in [0.4, 0.5) is 5.69 Å². The van der Waals surface area contributed by atoms with Gasteiger partial charge >= 0.3 is 0 Å². The minimum Gasteiger partial charge on any atom is -0.497 e. The molecule has 0 heterocycles. The van der Waals surface area contributed by atoms with Crippen molar-refractivity contribution in [2.75, 3.05) is 39.1 Å². The molecule has 25 heavy (non-hydrogen) atoms. The Labute approximate surface area is 149 Å². The second-order valence-electron chi connectivity index (χ2n) is 6.21. The summed E-state index contributed by atoms with van der Waals surface area (Å²) < 4.78 is 5.12. The second kappa shape index (κ2) is 9.04. The van der Waals surface area contributed by atoms with Crippen molar-refractivity contribution >= 4 is 17.5 Å². The summed E-state index contributed by atoms with van der Waals surface area (Å²) in [6.45, 7) is 5.93. The van der Waals surface area contributed by atoms with Gasteiger partial charge in [0.05, 0.1) is 26.3 Å². The Balaban J connectivity index is 2.64. The molecule has 0 saturated carbocycles. The average molecular weight is 346 g/mol. The van der Waals surface area contributed by atoms with E-state index in [1.54, 1.807) is 57.2 Å². The predicted molar refractivity (Wildman–Crippen MR) is 96.2 cm³/mol. The van der Waals surface area contributed by atoms with E-state index in [0.29, 0.717) is 18.0 Å². The summed E-state index contributed by atoms with van der Waals surface area (Å²) in [6.07, 6.45) is 0. The zero-order valence-corrected chi connectivity index (χ0v) is 15.5. The fraction of sp³-hybridized carbons (Fsp3) is 0.500. The molecule has 136 valence electrons. The monoisotopic (exact) mass is 346 g/mol. The van der Waals surface area contributed by atoms with E-state index in [1.165, 1.54) is 4.90 Å². The number of carbonyl (C=O) groups is 2. The summed E-state index contributed by atoms with van der Waals surface area (Å²) in [5.74, 6) is 0.230. The van der Waals surface area contributed by atoms with E-state index < -0.39 is 5.54 Å². The average Bonchev–Trinajstić information content (AvgIpc) is 2.60. The van der Waals surface area contributed by atoms with E-state index in [4.69, 9.17) is 10.00 Å². The van der Waals surface area contributed by atoms with Gasteiger partial charge in [-0.1, -0.05) is 13.0 Å². The van der Waals surface area contributed by atoms with Crippen molar-refractivity contribution in [3.63, 3.8) is 0 Å². The van der Waals surface area contributed by atoms with Crippen LogP contribution in [0.2, 0.25) is 0 Å². The molecule has 0 aliphatic heterocycles. The van der Waals surface area contributed by atoms with Crippen LogP contribution in [0.15, 0.2) is 24.3 Å². The zero-order chi connectivity index (χ0) is 19.0. The highest BCUT2D eigenvalue weighted by Gasteiger charge is 2.28. The van der Waals surface area contributed by atoms with Gasteiger partial charge in [-0.15, -0.1) is 0 Å². The molecular weight excluding hydrogens is 320 g/mol. The Morgan fingerprint density at radius 3 is 2.56 bits per heavy atom. The van der Waals surface area contributed by atoms with Gasteiger partial charge < -0.3 is 15.0 Å². The maximum atomic E-state index is 12.3. The van der Waals surface area contributed by atoms with E-state index in [0.717, 1.165) is 0 Å². The van der Waals surface area contributed by atoms with Gasteiger partial charge in [-0.2, -0.15) is 5.26 Å². The van der Waals surface area contributed by atoms with Crippen molar-refractivity contribution in [2.24, 2.45) is 0 Å². The maximum Gasteiger partial charge on any atom is 0.238 e. The second-order valence-corrected chi connectivity index (χ2v) is 6.21. The molecule has 0 saturated heterocycles. The number of nitriles is 1. The largest absolute Gasteiger partial charge is 0.497 e. The van der Waals surface area contributed by atoms with Gasteiger partial charge in [-0.05, 0) is 32.5 Å². The Kier molecular flexibility index (Phi) is 7.40. The van der Waals surface area contributed by atoms with Crippen LogP contribution >= 0.6 is 0 Å². The lowest BCUT2D eigenvalue weighted by molar-refractivity contribution is -0.134. The number of amides is 2. The van der Waals surface area contributed by atoms with Crippen LogP contribution in [0, 0.1) is 11.3 Å². The Bertz CT molecular complexity index is 652. The molecule has 1 rings (SSSR count). The molecule has 0 bridgehead atoms. The molecule has 0 aliphatic rings. The summed E-state index contributed by atoms with van der Waals surface area (Å²) in [5, 5.41) is 11.9. The molecule has 0 aromatic heterocycles. The van der Waals surface area contributed by atoms with Crippen LogP contribution in [0.1, 0.15) is 20.8 Å². The lowest BCUT2D eigenvalue weighted by atomic mass is 10.1. The third-order valence-electron chi connectivity index (χ3n) is 4.01. The van der Waals surface area contributed by atoms with Crippen LogP contribution in [-0.2, 0) is 9.59 Å². The van der Waals surface area contributed by atoms with Crippen LogP contribution in [0.5, 0.6) is 5.75 Å². The third kappa shape index (κ3) is 6.08. The van der Waals surface area contributed by atoms with E-state index >= 15 is 0 Å². The molecule has 0 aliphatic carbocycles. The first-order valence-corrected chi connectivity index (χ1v) is 8.07. The van der Waals surface area contributed by atoms with Crippen molar-refractivity contribution in [3.8, 4) is 11.8 Å². The van der Waals surface area contributed by atoms with E-state index in [9.17, 15) is 9.59 Å². The first kappa shape index (κ1) is 20.5. The zero-order valence-electron chi connectivity index (χ0n) is 15.5. The van der Waals surface area contributed by atoms with Crippen molar-refractivity contribution in [1.82, 2.24) is 9.80 Å². The summed E-state index contributed by atoms with van der Waals surface area (Å²) in [4.78, 5) is 27.7. The molecule has 0 fully saturated rings. The molecule has 0 atom stereocenters. The number of carbonyl (C=O) groups excluding carboxylic acids is 2. The van der Waals surface area contributed by atoms with Crippen molar-refractivity contribution < 1.29 is 14.3 Å². The first-order chi connectivity index (χ1) is 11.7. The SMILES string of the molecule is CCN(CC(=O)Nc1cccc(OC)c1)CC(=O)N(C)C(C)(C)C#N.